The summed E-state index contributed by atoms with van der Waals surface area (Å²) in [6, 6.07) is 0. The van der Waals surface area contributed by atoms with E-state index in [1.807, 2.05) is 12.5 Å². The first-order valence-electron chi connectivity index (χ1n) is 6.58. The smallest absolute Gasteiger partial charge is 0.133 e. The molecule has 0 bridgehead atoms. The summed E-state index contributed by atoms with van der Waals surface area (Å²) in [4.78, 5) is 8.95. The molecule has 0 radical (unpaired) electrons. The zero-order valence-electron chi connectivity index (χ0n) is 10.9. The predicted molar refractivity (Wildman–Crippen MR) is 71.2 cm³/mol. The third-order valence-electron chi connectivity index (χ3n) is 3.79. The number of rotatable bonds is 2. The molecular formula is C13H19N5. The Morgan fingerprint density at radius 2 is 2.33 bits per heavy atom. The van der Waals surface area contributed by atoms with Gasteiger partial charge in [-0.1, -0.05) is 6.92 Å². The Morgan fingerprint density at radius 1 is 1.50 bits per heavy atom. The van der Waals surface area contributed by atoms with Crippen LogP contribution in [-0.2, 0) is 13.1 Å². The van der Waals surface area contributed by atoms with E-state index in [1.165, 1.54) is 12.8 Å². The maximum Gasteiger partial charge on any atom is 0.133 e. The molecule has 5 nitrogen and oxygen atoms in total. The molecule has 1 unspecified atom stereocenters. The summed E-state index contributed by atoms with van der Waals surface area (Å²) in [7, 11) is 0. The van der Waals surface area contributed by atoms with Crippen LogP contribution < -0.4 is 5.73 Å². The van der Waals surface area contributed by atoms with E-state index < -0.39 is 0 Å². The van der Waals surface area contributed by atoms with Crippen molar-refractivity contribution < 1.29 is 0 Å². The summed E-state index contributed by atoms with van der Waals surface area (Å²) >= 11 is 0. The van der Waals surface area contributed by atoms with Crippen molar-refractivity contribution in [2.75, 3.05) is 5.73 Å². The lowest BCUT2D eigenvalue weighted by atomic mass is 10.0. The van der Waals surface area contributed by atoms with Gasteiger partial charge < -0.3 is 14.9 Å². The quantitative estimate of drug-likeness (QED) is 0.882. The van der Waals surface area contributed by atoms with E-state index in [-0.39, 0.29) is 0 Å². The highest BCUT2D eigenvalue weighted by Gasteiger charge is 2.24. The van der Waals surface area contributed by atoms with Crippen LogP contribution in [0.5, 0.6) is 0 Å². The molecule has 96 valence electrons. The monoisotopic (exact) mass is 245 g/mol. The zero-order chi connectivity index (χ0) is 12.7. The topological polar surface area (TPSA) is 61.7 Å². The van der Waals surface area contributed by atoms with E-state index >= 15 is 0 Å². The lowest BCUT2D eigenvalue weighted by molar-refractivity contribution is 0.467. The molecule has 2 aromatic heterocycles. The van der Waals surface area contributed by atoms with E-state index in [0.29, 0.717) is 5.92 Å². The van der Waals surface area contributed by atoms with Crippen LogP contribution in [0.3, 0.4) is 0 Å². The number of hydrogen-bond acceptors (Lipinski definition) is 3. The van der Waals surface area contributed by atoms with Gasteiger partial charge in [-0.3, -0.25) is 0 Å². The van der Waals surface area contributed by atoms with Crippen molar-refractivity contribution >= 4 is 5.82 Å². The highest BCUT2D eigenvalue weighted by atomic mass is 15.2. The van der Waals surface area contributed by atoms with Crippen LogP contribution in [-0.4, -0.2) is 19.1 Å². The Kier molecular flexibility index (Phi) is 2.61. The molecule has 2 N–H and O–H groups in total. The highest BCUT2D eigenvalue weighted by molar-refractivity contribution is 5.68. The van der Waals surface area contributed by atoms with Crippen LogP contribution in [0.1, 0.15) is 38.4 Å². The second-order valence-corrected chi connectivity index (χ2v) is 4.96. The van der Waals surface area contributed by atoms with Crippen molar-refractivity contribution in [3.8, 4) is 11.4 Å². The highest BCUT2D eigenvalue weighted by Crippen LogP contribution is 2.34. The number of nitrogen functional groups attached to an aromatic ring is 1. The summed E-state index contributed by atoms with van der Waals surface area (Å²) in [5, 5.41) is 0. The molecule has 0 amide bonds. The Morgan fingerprint density at radius 3 is 3.06 bits per heavy atom. The fraction of sp³-hybridized carbons (Fsp3) is 0.538. The minimum Gasteiger partial charge on any atom is -0.383 e. The standard InChI is InChI=1S/C13H19N5/c1-3-17-8-15-7-10(17)11-12(14)18-6-4-5-9(2)13(18)16-11/h7-9H,3-6,14H2,1-2H3. The molecule has 1 atom stereocenters. The van der Waals surface area contributed by atoms with Gasteiger partial charge in [0, 0.05) is 19.0 Å². The van der Waals surface area contributed by atoms with Crippen molar-refractivity contribution in [3.63, 3.8) is 0 Å². The molecule has 0 aromatic carbocycles. The van der Waals surface area contributed by atoms with Crippen molar-refractivity contribution in [2.24, 2.45) is 0 Å². The van der Waals surface area contributed by atoms with Gasteiger partial charge in [0.25, 0.3) is 0 Å². The number of fused-ring (bicyclic) bond motifs is 1. The minimum absolute atomic E-state index is 0.493. The minimum atomic E-state index is 0.493. The molecule has 0 saturated heterocycles. The van der Waals surface area contributed by atoms with Gasteiger partial charge in [0.15, 0.2) is 0 Å². The average Bonchev–Trinajstić information content (AvgIpc) is 2.95. The molecule has 0 spiro atoms. The Labute approximate surface area is 107 Å². The Balaban J connectivity index is 2.14. The molecule has 3 rings (SSSR count). The summed E-state index contributed by atoms with van der Waals surface area (Å²) in [6.45, 7) is 6.18. The Hall–Kier alpha value is -1.78. The number of aromatic nitrogens is 4. The Bertz CT molecular complexity index is 566. The predicted octanol–water partition coefficient (Wildman–Crippen LogP) is 2.25. The number of anilines is 1. The largest absolute Gasteiger partial charge is 0.383 e. The van der Waals surface area contributed by atoms with E-state index in [4.69, 9.17) is 10.7 Å². The van der Waals surface area contributed by atoms with Crippen LogP contribution in [0.4, 0.5) is 5.82 Å². The van der Waals surface area contributed by atoms with Crippen molar-refractivity contribution in [1.82, 2.24) is 19.1 Å². The SMILES string of the molecule is CCn1cncc1-c1nc2n(c1N)CCCC2C. The van der Waals surface area contributed by atoms with Crippen molar-refractivity contribution in [2.45, 2.75) is 45.7 Å². The average molecular weight is 245 g/mol. The molecule has 1 aliphatic rings. The number of nitrogens with zero attached hydrogens (tertiary/aromatic N) is 4. The maximum absolute atomic E-state index is 6.26. The summed E-state index contributed by atoms with van der Waals surface area (Å²) < 4.78 is 4.24. The van der Waals surface area contributed by atoms with Crippen molar-refractivity contribution in [1.29, 1.82) is 0 Å². The van der Waals surface area contributed by atoms with Gasteiger partial charge in [0.2, 0.25) is 0 Å². The molecule has 5 heteroatoms. The second-order valence-electron chi connectivity index (χ2n) is 4.96. The summed E-state index contributed by atoms with van der Waals surface area (Å²) in [5.74, 6) is 2.40. The van der Waals surface area contributed by atoms with E-state index in [2.05, 4.69) is 28.0 Å². The molecule has 3 heterocycles. The van der Waals surface area contributed by atoms with E-state index in [9.17, 15) is 0 Å². The molecule has 0 saturated carbocycles. The normalized spacial score (nSPS) is 18.9. The van der Waals surface area contributed by atoms with Gasteiger partial charge in [-0.2, -0.15) is 0 Å². The zero-order valence-corrected chi connectivity index (χ0v) is 10.9. The molecule has 1 aliphatic heterocycles. The van der Waals surface area contributed by atoms with E-state index in [1.54, 1.807) is 0 Å². The lowest BCUT2D eigenvalue weighted by Crippen LogP contribution is -2.15. The van der Waals surface area contributed by atoms with Gasteiger partial charge in [-0.25, -0.2) is 9.97 Å². The fourth-order valence-corrected chi connectivity index (χ4v) is 2.74. The van der Waals surface area contributed by atoms with Gasteiger partial charge in [0.1, 0.15) is 17.3 Å². The van der Waals surface area contributed by atoms with Gasteiger partial charge in [-0.05, 0) is 19.8 Å². The first kappa shape index (κ1) is 11.3. The lowest BCUT2D eigenvalue weighted by Gasteiger charge is -2.20. The molecule has 2 aromatic rings. The first-order chi connectivity index (χ1) is 8.72. The third-order valence-corrected chi connectivity index (χ3v) is 3.79. The number of aryl methyl sites for hydroxylation is 1. The van der Waals surface area contributed by atoms with Gasteiger partial charge in [-0.15, -0.1) is 0 Å². The first-order valence-corrected chi connectivity index (χ1v) is 6.58. The van der Waals surface area contributed by atoms with Crippen LogP contribution >= 0.6 is 0 Å². The molecular weight excluding hydrogens is 226 g/mol. The number of imidazole rings is 2. The number of hydrogen-bond donors (Lipinski definition) is 1. The van der Waals surface area contributed by atoms with Crippen LogP contribution in [0, 0.1) is 0 Å². The van der Waals surface area contributed by atoms with Crippen LogP contribution in [0.15, 0.2) is 12.5 Å². The summed E-state index contributed by atoms with van der Waals surface area (Å²) in [5.41, 5.74) is 8.17. The van der Waals surface area contributed by atoms with Crippen LogP contribution in [0.2, 0.25) is 0 Å². The molecule has 0 aliphatic carbocycles. The van der Waals surface area contributed by atoms with Gasteiger partial charge >= 0.3 is 0 Å². The van der Waals surface area contributed by atoms with Gasteiger partial charge in [0.05, 0.1) is 18.2 Å². The maximum atomic E-state index is 6.26. The molecule has 0 fully saturated rings. The third kappa shape index (κ3) is 1.54. The van der Waals surface area contributed by atoms with Crippen LogP contribution in [0.25, 0.3) is 11.4 Å². The van der Waals surface area contributed by atoms with E-state index in [0.717, 1.165) is 36.1 Å². The second kappa shape index (κ2) is 4.15. The van der Waals surface area contributed by atoms with Crippen molar-refractivity contribution in [3.05, 3.63) is 18.3 Å². The molecule has 18 heavy (non-hydrogen) atoms. The fourth-order valence-electron chi connectivity index (χ4n) is 2.74. The summed E-state index contributed by atoms with van der Waals surface area (Å²) in [6.07, 6.45) is 6.06. The number of nitrogens with two attached hydrogens (primary N) is 1.